The SMILES string of the molecule is CC(=O)O[C@H]1C[C@@H](C)[C@]23OC(C)(C)[C@H](C[C@H](OC(=O)c4ccccc4)[C@@]2(C)[C@@H]1OC(C)=O)[C@H]3OC(=O)c1ccccc1. The molecule has 0 radical (unpaired) electrons. The third-order valence-electron chi connectivity index (χ3n) is 9.45. The van der Waals surface area contributed by atoms with E-state index < -0.39 is 64.9 Å². The van der Waals surface area contributed by atoms with E-state index in [0.717, 1.165) is 0 Å². The van der Waals surface area contributed by atoms with Crippen molar-refractivity contribution in [2.75, 3.05) is 0 Å². The number of fused-ring (bicyclic) bond motifs is 1. The maximum atomic E-state index is 13.5. The van der Waals surface area contributed by atoms with Gasteiger partial charge in [0.25, 0.3) is 0 Å². The van der Waals surface area contributed by atoms with Crippen LogP contribution in [0.15, 0.2) is 60.7 Å². The van der Waals surface area contributed by atoms with E-state index in [-0.39, 0.29) is 24.7 Å². The summed E-state index contributed by atoms with van der Waals surface area (Å²) in [7, 11) is 0. The summed E-state index contributed by atoms with van der Waals surface area (Å²) >= 11 is 0. The quantitative estimate of drug-likeness (QED) is 0.348. The van der Waals surface area contributed by atoms with Crippen molar-refractivity contribution in [3.63, 3.8) is 0 Å². The van der Waals surface area contributed by atoms with Crippen LogP contribution in [0.25, 0.3) is 0 Å². The van der Waals surface area contributed by atoms with Crippen molar-refractivity contribution in [2.24, 2.45) is 17.3 Å². The number of ether oxygens (including phenoxy) is 5. The van der Waals surface area contributed by atoms with Crippen molar-refractivity contribution < 1.29 is 42.9 Å². The summed E-state index contributed by atoms with van der Waals surface area (Å²) in [6, 6.07) is 17.3. The molecule has 0 N–H and O–H groups in total. The van der Waals surface area contributed by atoms with Crippen LogP contribution in [0, 0.1) is 17.3 Å². The first-order chi connectivity index (χ1) is 19.8. The normalized spacial score (nSPS) is 34.4. The largest absolute Gasteiger partial charge is 0.459 e. The van der Waals surface area contributed by atoms with Gasteiger partial charge in [-0.3, -0.25) is 9.59 Å². The Morgan fingerprint density at radius 2 is 1.24 bits per heavy atom. The highest BCUT2D eigenvalue weighted by Gasteiger charge is 2.80. The fourth-order valence-electron chi connectivity index (χ4n) is 7.70. The highest BCUT2D eigenvalue weighted by molar-refractivity contribution is 5.90. The van der Waals surface area contributed by atoms with E-state index >= 15 is 0 Å². The second kappa shape index (κ2) is 10.8. The van der Waals surface area contributed by atoms with E-state index in [1.165, 1.54) is 13.8 Å². The molecule has 2 bridgehead atoms. The van der Waals surface area contributed by atoms with E-state index in [1.54, 1.807) is 54.6 Å². The number of hydrogen-bond donors (Lipinski definition) is 0. The van der Waals surface area contributed by atoms with Gasteiger partial charge in [-0.05, 0) is 63.8 Å². The molecule has 2 aliphatic carbocycles. The minimum atomic E-state index is -1.28. The second-order valence-corrected chi connectivity index (χ2v) is 12.4. The summed E-state index contributed by atoms with van der Waals surface area (Å²) in [5.41, 5.74) is -2.59. The first kappa shape index (κ1) is 29.8. The number of carbonyl (C=O) groups excluding carboxylic acids is 4. The van der Waals surface area contributed by atoms with Crippen LogP contribution in [0.2, 0.25) is 0 Å². The fourth-order valence-corrected chi connectivity index (χ4v) is 7.70. The van der Waals surface area contributed by atoms with Crippen LogP contribution in [0.3, 0.4) is 0 Å². The molecule has 0 unspecified atom stereocenters. The zero-order valence-electron chi connectivity index (χ0n) is 24.8. The van der Waals surface area contributed by atoms with Gasteiger partial charge in [-0.15, -0.1) is 0 Å². The topological polar surface area (TPSA) is 114 Å². The number of hydrogen-bond acceptors (Lipinski definition) is 9. The molecule has 1 saturated heterocycles. The summed E-state index contributed by atoms with van der Waals surface area (Å²) < 4.78 is 31.4. The van der Waals surface area contributed by atoms with Crippen LogP contribution < -0.4 is 0 Å². The first-order valence-electron chi connectivity index (χ1n) is 14.4. The summed E-state index contributed by atoms with van der Waals surface area (Å²) in [6.07, 6.45) is -2.99. The summed E-state index contributed by atoms with van der Waals surface area (Å²) in [5, 5.41) is 0. The zero-order chi connectivity index (χ0) is 30.4. The average Bonchev–Trinajstić information content (AvgIpc) is 3.12. The van der Waals surface area contributed by atoms with Gasteiger partial charge >= 0.3 is 23.9 Å². The Hall–Kier alpha value is -3.72. The lowest BCUT2D eigenvalue weighted by molar-refractivity contribution is -0.302. The van der Waals surface area contributed by atoms with Crippen LogP contribution in [0.4, 0.5) is 0 Å². The molecule has 8 atom stereocenters. The summed E-state index contributed by atoms with van der Waals surface area (Å²) in [4.78, 5) is 51.8. The third-order valence-corrected chi connectivity index (χ3v) is 9.45. The smallest absolute Gasteiger partial charge is 0.338 e. The molecule has 9 heteroatoms. The van der Waals surface area contributed by atoms with E-state index in [9.17, 15) is 19.2 Å². The maximum Gasteiger partial charge on any atom is 0.338 e. The molecule has 5 rings (SSSR count). The molecular weight excluding hydrogens is 540 g/mol. The second-order valence-electron chi connectivity index (χ2n) is 12.4. The van der Waals surface area contributed by atoms with E-state index in [2.05, 4.69) is 0 Å². The minimum absolute atomic E-state index is 0.258. The Morgan fingerprint density at radius 3 is 1.76 bits per heavy atom. The van der Waals surface area contributed by atoms with Gasteiger partial charge in [0.1, 0.15) is 23.9 Å². The molecule has 1 aliphatic heterocycles. The zero-order valence-corrected chi connectivity index (χ0v) is 24.8. The first-order valence-corrected chi connectivity index (χ1v) is 14.4. The molecular formula is C33H38O9. The molecule has 0 amide bonds. The average molecular weight is 579 g/mol. The van der Waals surface area contributed by atoms with Crippen molar-refractivity contribution in [3.8, 4) is 0 Å². The van der Waals surface area contributed by atoms with Crippen molar-refractivity contribution in [1.29, 1.82) is 0 Å². The van der Waals surface area contributed by atoms with Crippen molar-refractivity contribution in [1.82, 2.24) is 0 Å². The standard InChI is InChI=1S/C33H38O9/c1-19-17-25(38-20(2)34)28(39-21(3)35)32(6)26(40-29(36)22-13-9-7-10-14-22)18-24-27(33(19,32)42-31(24,4)5)41-30(37)23-15-11-8-12-16-23/h7-16,19,24-28H,17-18H2,1-6H3/t19-,24-,25+,26+,27-,28-,32+,33-/m1/s1. The summed E-state index contributed by atoms with van der Waals surface area (Å²) in [6.45, 7) is 10.2. The monoisotopic (exact) mass is 578 g/mol. The fraction of sp³-hybridized carbons (Fsp3) is 0.515. The minimum Gasteiger partial charge on any atom is -0.459 e. The lowest BCUT2D eigenvalue weighted by atomic mass is 9.48. The van der Waals surface area contributed by atoms with Gasteiger partial charge < -0.3 is 23.7 Å². The summed E-state index contributed by atoms with van der Waals surface area (Å²) in [5.74, 6) is -2.90. The molecule has 42 heavy (non-hydrogen) atoms. The highest BCUT2D eigenvalue weighted by Crippen LogP contribution is 2.68. The van der Waals surface area contributed by atoms with Gasteiger partial charge in [0.05, 0.1) is 22.1 Å². The van der Waals surface area contributed by atoms with Gasteiger partial charge in [0, 0.05) is 19.8 Å². The lowest BCUT2D eigenvalue weighted by Gasteiger charge is -2.62. The Morgan fingerprint density at radius 1 is 0.714 bits per heavy atom. The molecule has 224 valence electrons. The molecule has 0 aromatic heterocycles. The van der Waals surface area contributed by atoms with Crippen molar-refractivity contribution in [2.45, 2.75) is 90.0 Å². The molecule has 2 aromatic carbocycles. The van der Waals surface area contributed by atoms with Crippen molar-refractivity contribution >= 4 is 23.9 Å². The highest BCUT2D eigenvalue weighted by atomic mass is 16.6. The predicted molar refractivity (Wildman–Crippen MR) is 150 cm³/mol. The number of benzene rings is 2. The molecule has 1 heterocycles. The number of carbonyl (C=O) groups is 4. The third kappa shape index (κ3) is 4.77. The maximum absolute atomic E-state index is 13.5. The Labute approximate surface area is 245 Å². The van der Waals surface area contributed by atoms with E-state index in [4.69, 9.17) is 23.7 Å². The van der Waals surface area contributed by atoms with E-state index in [1.807, 2.05) is 33.8 Å². The van der Waals surface area contributed by atoms with Crippen LogP contribution in [-0.4, -0.2) is 59.5 Å². The van der Waals surface area contributed by atoms with Crippen LogP contribution >= 0.6 is 0 Å². The molecule has 9 nitrogen and oxygen atoms in total. The molecule has 3 aliphatic rings. The molecule has 2 aromatic rings. The van der Waals surface area contributed by atoms with Gasteiger partial charge in [0.15, 0.2) is 6.10 Å². The van der Waals surface area contributed by atoms with E-state index in [0.29, 0.717) is 11.1 Å². The van der Waals surface area contributed by atoms with Crippen molar-refractivity contribution in [3.05, 3.63) is 71.8 Å². The Balaban J connectivity index is 1.66. The molecule has 3 fully saturated rings. The van der Waals surface area contributed by atoms with Crippen LogP contribution in [-0.2, 0) is 33.3 Å². The number of esters is 4. The van der Waals surface area contributed by atoms with Crippen LogP contribution in [0.1, 0.15) is 75.1 Å². The number of rotatable bonds is 6. The predicted octanol–water partition coefficient (Wildman–Crippen LogP) is 4.91. The lowest BCUT2D eigenvalue weighted by Crippen LogP contribution is -2.76. The van der Waals surface area contributed by atoms with Gasteiger partial charge in [-0.1, -0.05) is 43.3 Å². The van der Waals surface area contributed by atoms with Gasteiger partial charge in [0.2, 0.25) is 0 Å². The Bertz CT molecular complexity index is 1360. The van der Waals surface area contributed by atoms with Crippen LogP contribution in [0.5, 0.6) is 0 Å². The molecule has 2 saturated carbocycles. The molecule has 1 spiro atoms. The Kier molecular flexibility index (Phi) is 7.68. The van der Waals surface area contributed by atoms with Gasteiger partial charge in [-0.25, -0.2) is 9.59 Å². The van der Waals surface area contributed by atoms with Gasteiger partial charge in [-0.2, -0.15) is 0 Å².